The Morgan fingerprint density at radius 1 is 1.14 bits per heavy atom. The molecule has 0 amide bonds. The van der Waals surface area contributed by atoms with Crippen LogP contribution < -0.4 is 5.32 Å². The van der Waals surface area contributed by atoms with E-state index in [1.807, 2.05) is 0 Å². The highest BCUT2D eigenvalue weighted by Crippen LogP contribution is 2.29. The minimum atomic E-state index is 0.356. The first-order valence-corrected chi connectivity index (χ1v) is 8.25. The van der Waals surface area contributed by atoms with Gasteiger partial charge in [0, 0.05) is 23.7 Å². The fourth-order valence-corrected chi connectivity index (χ4v) is 3.64. The fourth-order valence-electron chi connectivity index (χ4n) is 3.64. The van der Waals surface area contributed by atoms with Crippen molar-refractivity contribution in [2.24, 2.45) is 11.8 Å². The second kappa shape index (κ2) is 7.10. The normalized spacial score (nSPS) is 22.7. The Labute approximate surface area is 126 Å². The van der Waals surface area contributed by atoms with Gasteiger partial charge in [0.2, 0.25) is 0 Å². The first kappa shape index (κ1) is 14.6. The number of aliphatic hydroxyl groups excluding tert-OH is 1. The van der Waals surface area contributed by atoms with Crippen LogP contribution in [0.1, 0.15) is 31.2 Å². The van der Waals surface area contributed by atoms with Crippen LogP contribution >= 0.6 is 0 Å². The maximum absolute atomic E-state index is 9.45. The Balaban J connectivity index is 1.48. The van der Waals surface area contributed by atoms with Crippen LogP contribution in [0.2, 0.25) is 0 Å². The molecule has 0 aliphatic heterocycles. The number of nitrogens with one attached hydrogen (secondary N) is 2. The quantitative estimate of drug-likeness (QED) is 0.715. The van der Waals surface area contributed by atoms with Gasteiger partial charge in [0.05, 0.1) is 0 Å². The third kappa shape index (κ3) is 3.47. The van der Waals surface area contributed by atoms with E-state index in [1.165, 1.54) is 42.1 Å². The summed E-state index contributed by atoms with van der Waals surface area (Å²) in [6.07, 6.45) is 8.27. The first-order chi connectivity index (χ1) is 10.4. The monoisotopic (exact) mass is 286 g/mol. The summed E-state index contributed by atoms with van der Waals surface area (Å²) in [5, 5.41) is 14.4. The van der Waals surface area contributed by atoms with Crippen molar-refractivity contribution in [2.75, 3.05) is 19.7 Å². The van der Waals surface area contributed by atoms with Crippen LogP contribution in [0.25, 0.3) is 10.9 Å². The summed E-state index contributed by atoms with van der Waals surface area (Å²) < 4.78 is 0. The third-order valence-corrected chi connectivity index (χ3v) is 4.95. The summed E-state index contributed by atoms with van der Waals surface area (Å²) in [6.45, 7) is 2.42. The van der Waals surface area contributed by atoms with Gasteiger partial charge in [-0.15, -0.1) is 0 Å². The Morgan fingerprint density at radius 3 is 2.81 bits per heavy atom. The summed E-state index contributed by atoms with van der Waals surface area (Å²) >= 11 is 0. The predicted octanol–water partition coefficient (Wildman–Crippen LogP) is 3.10. The molecule has 0 saturated heterocycles. The van der Waals surface area contributed by atoms with E-state index in [2.05, 4.69) is 40.8 Å². The lowest BCUT2D eigenvalue weighted by Crippen LogP contribution is -2.33. The highest BCUT2D eigenvalue weighted by molar-refractivity contribution is 5.83. The molecule has 2 atom stereocenters. The molecule has 3 rings (SSSR count). The Kier molecular flexibility index (Phi) is 4.94. The second-order valence-corrected chi connectivity index (χ2v) is 6.30. The maximum atomic E-state index is 9.45. The van der Waals surface area contributed by atoms with Gasteiger partial charge >= 0.3 is 0 Å². The average molecular weight is 286 g/mol. The topological polar surface area (TPSA) is 48.0 Å². The van der Waals surface area contributed by atoms with E-state index in [0.717, 1.165) is 19.5 Å². The van der Waals surface area contributed by atoms with Crippen LogP contribution in [0.4, 0.5) is 0 Å². The Bertz CT molecular complexity index is 563. The van der Waals surface area contributed by atoms with E-state index in [-0.39, 0.29) is 0 Å². The van der Waals surface area contributed by atoms with Gasteiger partial charge in [-0.2, -0.15) is 0 Å². The minimum Gasteiger partial charge on any atom is -0.396 e. The van der Waals surface area contributed by atoms with Crippen molar-refractivity contribution in [2.45, 2.75) is 32.1 Å². The van der Waals surface area contributed by atoms with E-state index >= 15 is 0 Å². The standard InChI is InChI=1S/C18H26N2O/c21-13-16-6-2-1-5-14(16)11-19-10-9-15-12-20-18-8-4-3-7-17(15)18/h3-4,7-8,12,14,16,19-21H,1-2,5-6,9-11,13H2. The van der Waals surface area contributed by atoms with Gasteiger partial charge in [-0.3, -0.25) is 0 Å². The number of H-pyrrole nitrogens is 1. The molecule has 3 heteroatoms. The van der Waals surface area contributed by atoms with Crippen molar-refractivity contribution < 1.29 is 5.11 Å². The molecule has 114 valence electrons. The molecule has 3 N–H and O–H groups in total. The molecule has 1 fully saturated rings. The van der Waals surface area contributed by atoms with Crippen molar-refractivity contribution in [1.29, 1.82) is 0 Å². The molecule has 1 aliphatic carbocycles. The predicted molar refractivity (Wildman–Crippen MR) is 87.4 cm³/mol. The molecule has 1 aromatic carbocycles. The number of hydrogen-bond donors (Lipinski definition) is 3. The molecule has 21 heavy (non-hydrogen) atoms. The third-order valence-electron chi connectivity index (χ3n) is 4.95. The summed E-state index contributed by atoms with van der Waals surface area (Å²) in [6, 6.07) is 8.48. The number of hydrogen-bond acceptors (Lipinski definition) is 2. The van der Waals surface area contributed by atoms with Gasteiger partial charge in [-0.1, -0.05) is 31.0 Å². The molecule has 1 saturated carbocycles. The molecular formula is C18H26N2O. The Morgan fingerprint density at radius 2 is 1.95 bits per heavy atom. The van der Waals surface area contributed by atoms with Gasteiger partial charge in [-0.25, -0.2) is 0 Å². The summed E-state index contributed by atoms with van der Waals surface area (Å²) in [4.78, 5) is 3.33. The molecule has 2 aromatic rings. The smallest absolute Gasteiger partial charge is 0.0462 e. The molecule has 1 aliphatic rings. The van der Waals surface area contributed by atoms with Crippen molar-refractivity contribution >= 4 is 10.9 Å². The zero-order valence-electron chi connectivity index (χ0n) is 12.6. The summed E-state index contributed by atoms with van der Waals surface area (Å²) in [5.41, 5.74) is 2.61. The van der Waals surface area contributed by atoms with Crippen LogP contribution in [0.3, 0.4) is 0 Å². The van der Waals surface area contributed by atoms with Crippen molar-refractivity contribution in [3.8, 4) is 0 Å². The van der Waals surface area contributed by atoms with Gasteiger partial charge in [0.25, 0.3) is 0 Å². The van der Waals surface area contributed by atoms with Crippen LogP contribution in [0.5, 0.6) is 0 Å². The van der Waals surface area contributed by atoms with E-state index in [0.29, 0.717) is 18.4 Å². The highest BCUT2D eigenvalue weighted by Gasteiger charge is 2.23. The SMILES string of the molecule is OCC1CCCCC1CNCCc1c[nH]c2ccccc12. The van der Waals surface area contributed by atoms with Crippen molar-refractivity contribution in [3.05, 3.63) is 36.0 Å². The molecular weight excluding hydrogens is 260 g/mol. The number of aromatic nitrogens is 1. The number of rotatable bonds is 6. The first-order valence-electron chi connectivity index (χ1n) is 8.25. The van der Waals surface area contributed by atoms with E-state index in [4.69, 9.17) is 0 Å². The molecule has 1 heterocycles. The maximum Gasteiger partial charge on any atom is 0.0462 e. The van der Waals surface area contributed by atoms with Crippen molar-refractivity contribution in [3.63, 3.8) is 0 Å². The van der Waals surface area contributed by atoms with Gasteiger partial charge in [-0.05, 0) is 55.8 Å². The highest BCUT2D eigenvalue weighted by atomic mass is 16.3. The van der Waals surface area contributed by atoms with Gasteiger partial charge < -0.3 is 15.4 Å². The lowest BCUT2D eigenvalue weighted by molar-refractivity contribution is 0.133. The molecule has 0 bridgehead atoms. The second-order valence-electron chi connectivity index (χ2n) is 6.30. The molecule has 0 radical (unpaired) electrons. The number of para-hydroxylation sites is 1. The zero-order valence-corrected chi connectivity index (χ0v) is 12.6. The van der Waals surface area contributed by atoms with Crippen LogP contribution in [0.15, 0.2) is 30.5 Å². The van der Waals surface area contributed by atoms with Crippen LogP contribution in [-0.4, -0.2) is 29.8 Å². The number of benzene rings is 1. The van der Waals surface area contributed by atoms with E-state index in [1.54, 1.807) is 0 Å². The average Bonchev–Trinajstić information content (AvgIpc) is 2.95. The van der Waals surface area contributed by atoms with E-state index in [9.17, 15) is 5.11 Å². The summed E-state index contributed by atoms with van der Waals surface area (Å²) in [5.74, 6) is 1.17. The number of fused-ring (bicyclic) bond motifs is 1. The van der Waals surface area contributed by atoms with Crippen LogP contribution in [0, 0.1) is 11.8 Å². The minimum absolute atomic E-state index is 0.356. The molecule has 3 nitrogen and oxygen atoms in total. The largest absolute Gasteiger partial charge is 0.396 e. The lowest BCUT2D eigenvalue weighted by Gasteiger charge is -2.30. The van der Waals surface area contributed by atoms with Gasteiger partial charge in [0.1, 0.15) is 0 Å². The number of aromatic amines is 1. The molecule has 0 spiro atoms. The van der Waals surface area contributed by atoms with E-state index < -0.39 is 0 Å². The zero-order chi connectivity index (χ0) is 14.5. The van der Waals surface area contributed by atoms with Gasteiger partial charge in [0.15, 0.2) is 0 Å². The number of aliphatic hydroxyl groups is 1. The van der Waals surface area contributed by atoms with Crippen LogP contribution in [-0.2, 0) is 6.42 Å². The molecule has 1 aromatic heterocycles. The summed E-state index contributed by atoms with van der Waals surface area (Å²) in [7, 11) is 0. The molecule has 2 unspecified atom stereocenters. The Hall–Kier alpha value is -1.32. The fraction of sp³-hybridized carbons (Fsp3) is 0.556. The lowest BCUT2D eigenvalue weighted by atomic mass is 9.79. The van der Waals surface area contributed by atoms with Crippen molar-refractivity contribution in [1.82, 2.24) is 10.3 Å².